The second-order valence-electron chi connectivity index (χ2n) is 6.66. The van der Waals surface area contributed by atoms with Gasteiger partial charge in [-0.2, -0.15) is 5.10 Å². The molecule has 6 nitrogen and oxygen atoms in total. The number of fused-ring (bicyclic) bond motifs is 1. The summed E-state index contributed by atoms with van der Waals surface area (Å²) in [6.45, 7) is 6.62. The average Bonchev–Trinajstić information content (AvgIpc) is 3.39. The maximum Gasteiger partial charge on any atom is 0.252 e. The first-order valence-corrected chi connectivity index (χ1v) is 9.66. The summed E-state index contributed by atoms with van der Waals surface area (Å²) in [6, 6.07) is 7.59. The summed E-state index contributed by atoms with van der Waals surface area (Å²) < 4.78 is 7.31. The third-order valence-corrected chi connectivity index (χ3v) is 5.47. The Balaban J connectivity index is 1.76. The monoisotopic (exact) mass is 380 g/mol. The molecule has 0 bridgehead atoms. The Hall–Kier alpha value is -2.93. The molecule has 0 aliphatic heterocycles. The highest BCUT2D eigenvalue weighted by Crippen LogP contribution is 2.27. The van der Waals surface area contributed by atoms with Crippen LogP contribution in [0.5, 0.6) is 0 Å². The van der Waals surface area contributed by atoms with Crippen LogP contribution in [0.4, 0.5) is 0 Å². The van der Waals surface area contributed by atoms with E-state index in [1.54, 1.807) is 35.9 Å². The molecule has 0 saturated heterocycles. The fourth-order valence-corrected chi connectivity index (χ4v) is 3.82. The zero-order valence-electron chi connectivity index (χ0n) is 15.4. The largest absolute Gasteiger partial charge is 0.463 e. The molecule has 4 aromatic rings. The van der Waals surface area contributed by atoms with Crippen LogP contribution in [0, 0.1) is 6.92 Å². The Bertz CT molecular complexity index is 1090. The highest BCUT2D eigenvalue weighted by atomic mass is 32.1. The zero-order chi connectivity index (χ0) is 19.0. The molecule has 1 N–H and O–H groups in total. The summed E-state index contributed by atoms with van der Waals surface area (Å²) in [7, 11) is 0. The zero-order valence-corrected chi connectivity index (χ0v) is 16.2. The van der Waals surface area contributed by atoms with E-state index in [-0.39, 0.29) is 11.9 Å². The maximum atomic E-state index is 13.0. The maximum absolute atomic E-state index is 13.0. The quantitative estimate of drug-likeness (QED) is 0.550. The van der Waals surface area contributed by atoms with Gasteiger partial charge in [0, 0.05) is 10.9 Å². The van der Waals surface area contributed by atoms with E-state index in [0.717, 1.165) is 10.3 Å². The lowest BCUT2D eigenvalue weighted by atomic mass is 10.1. The Morgan fingerprint density at radius 3 is 2.89 bits per heavy atom. The molecular weight excluding hydrogens is 360 g/mol. The van der Waals surface area contributed by atoms with E-state index in [2.05, 4.69) is 16.5 Å². The van der Waals surface area contributed by atoms with Crippen molar-refractivity contribution in [3.63, 3.8) is 0 Å². The van der Waals surface area contributed by atoms with Gasteiger partial charge in [-0.1, -0.05) is 0 Å². The van der Waals surface area contributed by atoms with Crippen molar-refractivity contribution in [2.45, 2.75) is 33.4 Å². The Morgan fingerprint density at radius 1 is 1.37 bits per heavy atom. The highest BCUT2D eigenvalue weighted by molar-refractivity contribution is 7.10. The van der Waals surface area contributed by atoms with Crippen LogP contribution in [-0.2, 0) is 6.54 Å². The SMILES string of the molecule is Cc1ccsc1CNC(=O)c1cc(-c2ccco2)nc2c1cnn2C(C)C. The number of hydrogen-bond donors (Lipinski definition) is 1. The Kier molecular flexibility index (Phi) is 4.53. The number of nitrogens with zero attached hydrogens (tertiary/aromatic N) is 3. The number of thiophene rings is 1. The fourth-order valence-electron chi connectivity index (χ4n) is 2.98. The number of hydrogen-bond acceptors (Lipinski definition) is 5. The molecule has 4 rings (SSSR count). The van der Waals surface area contributed by atoms with Crippen LogP contribution in [0.1, 0.15) is 40.7 Å². The fraction of sp³-hybridized carbons (Fsp3) is 0.250. The van der Waals surface area contributed by atoms with E-state index in [4.69, 9.17) is 9.40 Å². The second kappa shape index (κ2) is 7.00. The van der Waals surface area contributed by atoms with E-state index < -0.39 is 0 Å². The summed E-state index contributed by atoms with van der Waals surface area (Å²) in [5.74, 6) is 0.475. The van der Waals surface area contributed by atoms with Crippen LogP contribution in [-0.4, -0.2) is 20.7 Å². The molecule has 138 valence electrons. The van der Waals surface area contributed by atoms with Crippen LogP contribution in [0.15, 0.2) is 46.5 Å². The number of aryl methyl sites for hydroxylation is 1. The van der Waals surface area contributed by atoms with Gasteiger partial charge >= 0.3 is 0 Å². The van der Waals surface area contributed by atoms with Gasteiger partial charge in [0.2, 0.25) is 0 Å². The molecule has 0 radical (unpaired) electrons. The van der Waals surface area contributed by atoms with E-state index in [1.165, 1.54) is 5.56 Å². The van der Waals surface area contributed by atoms with Crippen molar-refractivity contribution in [1.82, 2.24) is 20.1 Å². The minimum absolute atomic E-state index is 0.131. The molecule has 27 heavy (non-hydrogen) atoms. The molecule has 0 spiro atoms. The second-order valence-corrected chi connectivity index (χ2v) is 7.66. The van der Waals surface area contributed by atoms with Gasteiger partial charge < -0.3 is 9.73 Å². The molecule has 0 fully saturated rings. The van der Waals surface area contributed by atoms with Crippen molar-refractivity contribution in [2.24, 2.45) is 0 Å². The number of carbonyl (C=O) groups is 1. The third kappa shape index (κ3) is 3.26. The van der Waals surface area contributed by atoms with Gasteiger partial charge in [-0.25, -0.2) is 9.67 Å². The van der Waals surface area contributed by atoms with Crippen molar-refractivity contribution < 1.29 is 9.21 Å². The highest BCUT2D eigenvalue weighted by Gasteiger charge is 2.19. The molecule has 0 saturated carbocycles. The number of rotatable bonds is 5. The van der Waals surface area contributed by atoms with Crippen molar-refractivity contribution >= 4 is 28.3 Å². The predicted octanol–water partition coefficient (Wildman–Crippen LogP) is 4.57. The molecule has 0 atom stereocenters. The van der Waals surface area contributed by atoms with Gasteiger partial charge in [-0.15, -0.1) is 11.3 Å². The number of amides is 1. The lowest BCUT2D eigenvalue weighted by Crippen LogP contribution is -2.23. The smallest absolute Gasteiger partial charge is 0.252 e. The lowest BCUT2D eigenvalue weighted by molar-refractivity contribution is 0.0953. The van der Waals surface area contributed by atoms with Gasteiger partial charge in [0.15, 0.2) is 11.4 Å². The topological polar surface area (TPSA) is 73.0 Å². The first kappa shape index (κ1) is 17.5. The number of furan rings is 1. The molecular formula is C20H20N4O2S. The van der Waals surface area contributed by atoms with E-state index in [0.29, 0.717) is 29.2 Å². The van der Waals surface area contributed by atoms with Crippen molar-refractivity contribution in [3.05, 3.63) is 58.1 Å². The van der Waals surface area contributed by atoms with E-state index in [1.807, 2.05) is 36.9 Å². The van der Waals surface area contributed by atoms with Gasteiger partial charge in [0.05, 0.1) is 30.0 Å². The summed E-state index contributed by atoms with van der Waals surface area (Å²) in [5, 5.41) is 10.2. The van der Waals surface area contributed by atoms with Gasteiger partial charge in [0.25, 0.3) is 5.91 Å². The molecule has 4 aromatic heterocycles. The van der Waals surface area contributed by atoms with E-state index in [9.17, 15) is 4.79 Å². The first-order valence-electron chi connectivity index (χ1n) is 8.78. The van der Waals surface area contributed by atoms with Gasteiger partial charge in [-0.05, 0) is 56.0 Å². The summed E-state index contributed by atoms with van der Waals surface area (Å²) in [5.41, 5.74) is 3.03. The van der Waals surface area contributed by atoms with Gasteiger partial charge in [0.1, 0.15) is 5.69 Å². The predicted molar refractivity (Wildman–Crippen MR) is 106 cm³/mol. The molecule has 0 aromatic carbocycles. The van der Waals surface area contributed by atoms with Gasteiger partial charge in [-0.3, -0.25) is 4.79 Å². The van der Waals surface area contributed by atoms with Crippen LogP contribution in [0.25, 0.3) is 22.5 Å². The Morgan fingerprint density at radius 2 is 2.22 bits per heavy atom. The lowest BCUT2D eigenvalue weighted by Gasteiger charge is -2.10. The van der Waals surface area contributed by atoms with Crippen LogP contribution >= 0.6 is 11.3 Å². The molecule has 1 amide bonds. The Labute approximate surface area is 160 Å². The van der Waals surface area contributed by atoms with Crippen LogP contribution in [0.2, 0.25) is 0 Å². The first-order chi connectivity index (χ1) is 13.0. The minimum atomic E-state index is -0.147. The molecule has 0 unspecified atom stereocenters. The summed E-state index contributed by atoms with van der Waals surface area (Å²) in [6.07, 6.45) is 3.31. The van der Waals surface area contributed by atoms with Crippen molar-refractivity contribution in [2.75, 3.05) is 0 Å². The number of carbonyl (C=O) groups excluding carboxylic acids is 1. The number of aromatic nitrogens is 3. The van der Waals surface area contributed by atoms with Crippen molar-refractivity contribution in [3.8, 4) is 11.5 Å². The molecule has 0 aliphatic rings. The molecule has 0 aliphatic carbocycles. The summed E-state index contributed by atoms with van der Waals surface area (Å²) in [4.78, 5) is 18.8. The normalized spacial score (nSPS) is 11.4. The minimum Gasteiger partial charge on any atom is -0.463 e. The average molecular weight is 380 g/mol. The number of pyridine rings is 1. The van der Waals surface area contributed by atoms with Crippen molar-refractivity contribution in [1.29, 1.82) is 0 Å². The van der Waals surface area contributed by atoms with Crippen LogP contribution in [0.3, 0.4) is 0 Å². The molecule has 7 heteroatoms. The van der Waals surface area contributed by atoms with E-state index >= 15 is 0 Å². The summed E-state index contributed by atoms with van der Waals surface area (Å²) >= 11 is 1.64. The standard InChI is InChI=1S/C20H20N4O2S/c1-12(2)24-19-15(10-22-24)14(9-16(23-19)17-5-4-7-26-17)20(25)21-11-18-13(3)6-8-27-18/h4-10,12H,11H2,1-3H3,(H,21,25). The third-order valence-electron chi connectivity index (χ3n) is 4.45. The van der Waals surface area contributed by atoms with Crippen LogP contribution < -0.4 is 5.32 Å². The molecule has 4 heterocycles. The number of nitrogens with one attached hydrogen (secondary N) is 1.